The fourth-order valence-corrected chi connectivity index (χ4v) is 7.55. The number of nitrogens with one attached hydrogen (secondary N) is 2. The average molecular weight is 737 g/mol. The lowest BCUT2D eigenvalue weighted by Gasteiger charge is -2.38. The van der Waals surface area contributed by atoms with Crippen molar-refractivity contribution in [1.29, 1.82) is 0 Å². The van der Waals surface area contributed by atoms with Gasteiger partial charge in [-0.3, -0.25) is 9.59 Å². The van der Waals surface area contributed by atoms with Crippen molar-refractivity contribution in [3.63, 3.8) is 0 Å². The number of rotatable bonds is 8. The largest absolute Gasteiger partial charge is 0.488 e. The van der Waals surface area contributed by atoms with Crippen LogP contribution in [0.5, 0.6) is 23.3 Å². The van der Waals surface area contributed by atoms with Gasteiger partial charge in [0.2, 0.25) is 11.8 Å². The highest BCUT2D eigenvalue weighted by Gasteiger charge is 2.32. The molecule has 0 radical (unpaired) electrons. The first kappa shape index (κ1) is 36.7. The molecule has 2 saturated heterocycles. The van der Waals surface area contributed by atoms with Crippen molar-refractivity contribution in [2.24, 2.45) is 11.8 Å². The van der Waals surface area contributed by atoms with E-state index in [4.69, 9.17) is 28.9 Å². The number of hydrogen-bond acceptors (Lipinski definition) is 12. The van der Waals surface area contributed by atoms with Crippen LogP contribution in [-0.2, 0) is 13.1 Å². The van der Waals surface area contributed by atoms with Crippen molar-refractivity contribution in [2.75, 3.05) is 50.2 Å². The fraction of sp³-hybridized carbons (Fsp3) is 0.450. The zero-order valence-corrected chi connectivity index (χ0v) is 31.7. The number of pyridine rings is 4. The van der Waals surface area contributed by atoms with E-state index in [9.17, 15) is 9.59 Å². The lowest BCUT2D eigenvalue weighted by atomic mass is 9.96. The van der Waals surface area contributed by atoms with Crippen molar-refractivity contribution in [2.45, 2.75) is 65.8 Å². The third-order valence-corrected chi connectivity index (χ3v) is 10.5. The lowest BCUT2D eigenvalue weighted by molar-refractivity contribution is 0.0957. The first-order valence-electron chi connectivity index (χ1n) is 18.5. The van der Waals surface area contributed by atoms with Crippen LogP contribution in [0.25, 0.3) is 0 Å². The van der Waals surface area contributed by atoms with Gasteiger partial charge in [-0.1, -0.05) is 13.8 Å². The van der Waals surface area contributed by atoms with Crippen LogP contribution in [0.2, 0.25) is 0 Å². The summed E-state index contributed by atoms with van der Waals surface area (Å²) in [4.78, 5) is 46.2. The number of hydrogen-bond donors (Lipinski definition) is 2. The molecule has 284 valence electrons. The topological polar surface area (TPSA) is 153 Å². The van der Waals surface area contributed by atoms with Gasteiger partial charge in [0.05, 0.1) is 62.2 Å². The zero-order valence-electron chi connectivity index (χ0n) is 31.7. The summed E-state index contributed by atoms with van der Waals surface area (Å²) in [6.07, 6.45) is 5.48. The van der Waals surface area contributed by atoms with Gasteiger partial charge in [0.15, 0.2) is 0 Å². The number of carbonyl (C=O) groups is 2. The Labute approximate surface area is 315 Å². The number of anilines is 2. The molecule has 8 rings (SSSR count). The van der Waals surface area contributed by atoms with E-state index in [1.54, 1.807) is 26.6 Å². The van der Waals surface area contributed by atoms with Crippen molar-refractivity contribution in [3.05, 3.63) is 82.4 Å². The summed E-state index contributed by atoms with van der Waals surface area (Å²) in [6.45, 7) is 12.9. The summed E-state index contributed by atoms with van der Waals surface area (Å²) in [5.41, 5.74) is 5.17. The number of methoxy groups -OCH3 is 2. The summed E-state index contributed by atoms with van der Waals surface area (Å²) in [6, 6.07) is 11.3. The van der Waals surface area contributed by atoms with E-state index >= 15 is 0 Å². The summed E-state index contributed by atoms with van der Waals surface area (Å²) < 4.78 is 22.5. The van der Waals surface area contributed by atoms with Gasteiger partial charge >= 0.3 is 0 Å². The van der Waals surface area contributed by atoms with E-state index in [0.29, 0.717) is 47.8 Å². The number of fused-ring (bicyclic) bond motifs is 2. The molecule has 14 nitrogen and oxygen atoms in total. The third-order valence-electron chi connectivity index (χ3n) is 10.5. The molecule has 0 aromatic carbocycles. The maximum Gasteiger partial charge on any atom is 0.253 e. The molecule has 4 aliphatic heterocycles. The molecule has 2 fully saturated rings. The van der Waals surface area contributed by atoms with E-state index < -0.39 is 0 Å². The SMILES string of the molecule is COc1ccc(O[C@@H]2CCN(c3nc4c(cc3C)C(=O)NC4)C[C@@H]2C)cn1.COc1ccc(O[C@H]2CCN(c3nc4c(cc3C)C(=O)NC4)C[C@H]2C)cn1. The molecule has 4 aliphatic rings. The Hall–Kier alpha value is -5.66. The molecule has 2 amide bonds. The Kier molecular flexibility index (Phi) is 10.7. The monoisotopic (exact) mass is 736 g/mol. The Morgan fingerprint density at radius 3 is 1.44 bits per heavy atom. The maximum absolute atomic E-state index is 11.8. The predicted molar refractivity (Wildman–Crippen MR) is 203 cm³/mol. The summed E-state index contributed by atoms with van der Waals surface area (Å²) in [7, 11) is 3.20. The number of aromatic nitrogens is 4. The Morgan fingerprint density at radius 2 is 1.09 bits per heavy atom. The fourth-order valence-electron chi connectivity index (χ4n) is 7.55. The van der Waals surface area contributed by atoms with Crippen LogP contribution >= 0.6 is 0 Å². The highest BCUT2D eigenvalue weighted by Crippen LogP contribution is 2.31. The second-order valence-electron chi connectivity index (χ2n) is 14.4. The van der Waals surface area contributed by atoms with E-state index in [1.165, 1.54) is 0 Å². The lowest BCUT2D eigenvalue weighted by Crippen LogP contribution is -2.45. The van der Waals surface area contributed by atoms with E-state index in [2.05, 4.69) is 44.2 Å². The van der Waals surface area contributed by atoms with Gasteiger partial charge in [0.25, 0.3) is 11.8 Å². The molecule has 0 unspecified atom stereocenters. The Balaban J connectivity index is 0.000000167. The number of ether oxygens (including phenoxy) is 4. The summed E-state index contributed by atoms with van der Waals surface area (Å²) in [5.74, 6) is 5.26. The highest BCUT2D eigenvalue weighted by molar-refractivity contribution is 5.98. The van der Waals surface area contributed by atoms with Crippen LogP contribution in [-0.4, -0.2) is 84.4 Å². The number of carbonyl (C=O) groups excluding carboxylic acids is 2. The van der Waals surface area contributed by atoms with Gasteiger partial charge in [-0.25, -0.2) is 19.9 Å². The van der Waals surface area contributed by atoms with Crippen LogP contribution in [0.4, 0.5) is 11.6 Å². The van der Waals surface area contributed by atoms with Gasteiger partial charge in [-0.15, -0.1) is 0 Å². The van der Waals surface area contributed by atoms with Crippen molar-refractivity contribution in [1.82, 2.24) is 30.6 Å². The second-order valence-corrected chi connectivity index (χ2v) is 14.4. The number of aryl methyl sites for hydroxylation is 2. The number of nitrogens with zero attached hydrogens (tertiary/aromatic N) is 6. The molecular weight excluding hydrogens is 688 g/mol. The standard InChI is InChI=1S/2C20H24N4O3/c2*1-12-8-15-16(10-22-20(15)25)23-19(12)24-7-6-17(13(2)11-24)27-14-4-5-18(26-3)21-9-14/h2*4-5,8-9,13,17H,6-7,10-11H2,1-3H3,(H,22,25)/t2*13-,17+/m10/s1. The minimum absolute atomic E-state index is 0.0271. The van der Waals surface area contributed by atoms with Crippen molar-refractivity contribution in [3.8, 4) is 23.3 Å². The van der Waals surface area contributed by atoms with E-state index in [1.807, 2.05) is 50.2 Å². The molecule has 54 heavy (non-hydrogen) atoms. The highest BCUT2D eigenvalue weighted by atomic mass is 16.5. The molecule has 0 spiro atoms. The minimum atomic E-state index is -0.0271. The van der Waals surface area contributed by atoms with Gasteiger partial charge in [0.1, 0.15) is 35.3 Å². The summed E-state index contributed by atoms with van der Waals surface area (Å²) in [5, 5.41) is 5.68. The number of amides is 2. The smallest absolute Gasteiger partial charge is 0.253 e. The first-order chi connectivity index (χ1) is 26.1. The van der Waals surface area contributed by atoms with Crippen LogP contribution in [0.1, 0.15) is 69.9 Å². The van der Waals surface area contributed by atoms with Crippen LogP contribution in [0, 0.1) is 25.7 Å². The normalized spacial score (nSPS) is 21.6. The van der Waals surface area contributed by atoms with Gasteiger partial charge < -0.3 is 39.4 Å². The maximum atomic E-state index is 11.8. The molecule has 2 N–H and O–H groups in total. The van der Waals surface area contributed by atoms with Crippen molar-refractivity contribution >= 4 is 23.5 Å². The van der Waals surface area contributed by atoms with Crippen LogP contribution in [0.3, 0.4) is 0 Å². The van der Waals surface area contributed by atoms with Gasteiger partial charge in [-0.05, 0) is 49.2 Å². The van der Waals surface area contributed by atoms with E-state index in [0.717, 1.165) is 84.7 Å². The molecule has 0 saturated carbocycles. The number of piperidine rings is 2. The molecule has 14 heteroatoms. The first-order valence-corrected chi connectivity index (χ1v) is 18.5. The quantitative estimate of drug-likeness (QED) is 0.259. The van der Waals surface area contributed by atoms with Gasteiger partial charge in [0, 0.05) is 63.0 Å². The molecule has 4 aromatic rings. The molecule has 0 aliphatic carbocycles. The molecular formula is C40H48N8O6. The van der Waals surface area contributed by atoms with Gasteiger partial charge in [-0.2, -0.15) is 0 Å². The molecule has 4 aromatic heterocycles. The second kappa shape index (κ2) is 15.7. The Morgan fingerprint density at radius 1 is 0.667 bits per heavy atom. The van der Waals surface area contributed by atoms with Crippen LogP contribution < -0.4 is 39.4 Å². The molecule has 8 heterocycles. The Bertz CT molecular complexity index is 1850. The minimum Gasteiger partial charge on any atom is -0.488 e. The third kappa shape index (κ3) is 7.82. The molecule has 4 atom stereocenters. The predicted octanol–water partition coefficient (Wildman–Crippen LogP) is 4.66. The molecule has 0 bridgehead atoms. The van der Waals surface area contributed by atoms with E-state index in [-0.39, 0.29) is 24.0 Å². The van der Waals surface area contributed by atoms with Crippen LogP contribution in [0.15, 0.2) is 48.8 Å². The van der Waals surface area contributed by atoms with Crippen molar-refractivity contribution < 1.29 is 28.5 Å². The average Bonchev–Trinajstić information content (AvgIpc) is 3.73. The summed E-state index contributed by atoms with van der Waals surface area (Å²) >= 11 is 0. The zero-order chi connectivity index (χ0) is 37.9.